The number of aryl methyl sites for hydroxylation is 1. The minimum Gasteiger partial charge on any atom is -0.192 e. The molecule has 0 unspecified atom stereocenters. The van der Waals surface area contributed by atoms with Crippen LogP contribution in [0.4, 0.5) is 0 Å². The lowest BCUT2D eigenvalue weighted by molar-refractivity contribution is 0.632. The van der Waals surface area contributed by atoms with Gasteiger partial charge in [0.15, 0.2) is 0 Å². The molecule has 0 N–H and O–H groups in total. The van der Waals surface area contributed by atoms with Gasteiger partial charge in [0.05, 0.1) is 11.6 Å². The fraction of sp³-hybridized carbons (Fsp3) is 0.292. The van der Waals surface area contributed by atoms with Crippen molar-refractivity contribution in [3.8, 4) is 17.2 Å². The lowest BCUT2D eigenvalue weighted by atomic mass is 9.95. The van der Waals surface area contributed by atoms with E-state index in [0.717, 1.165) is 5.56 Å². The lowest BCUT2D eigenvalue weighted by Gasteiger charge is -2.09. The molecule has 3 aromatic carbocycles. The molecule has 0 radical (unpaired) electrons. The number of fused-ring (bicyclic) bond motifs is 1. The van der Waals surface area contributed by atoms with Gasteiger partial charge in [0.25, 0.3) is 0 Å². The van der Waals surface area contributed by atoms with Crippen molar-refractivity contribution in [2.24, 2.45) is 0 Å². The summed E-state index contributed by atoms with van der Waals surface area (Å²) in [4.78, 5) is 0. The topological polar surface area (TPSA) is 23.8 Å². The molecular weight excluding hydrogens is 302 g/mol. The Morgan fingerprint density at radius 1 is 0.840 bits per heavy atom. The molecule has 0 aromatic heterocycles. The monoisotopic (exact) mass is 327 g/mol. The second-order valence-corrected chi connectivity index (χ2v) is 6.71. The maximum atomic E-state index is 8.97. The summed E-state index contributed by atoms with van der Waals surface area (Å²) in [7, 11) is 0. The molecule has 126 valence electrons. The van der Waals surface area contributed by atoms with Crippen LogP contribution in [0, 0.1) is 11.3 Å². The highest BCUT2D eigenvalue weighted by Gasteiger charge is 2.05. The van der Waals surface area contributed by atoms with E-state index in [2.05, 4.69) is 49.4 Å². The fourth-order valence-corrected chi connectivity index (χ4v) is 3.40. The van der Waals surface area contributed by atoms with E-state index in [1.165, 1.54) is 60.4 Å². The van der Waals surface area contributed by atoms with E-state index >= 15 is 0 Å². The fourth-order valence-electron chi connectivity index (χ4n) is 3.40. The van der Waals surface area contributed by atoms with Gasteiger partial charge in [-0.25, -0.2) is 0 Å². The van der Waals surface area contributed by atoms with E-state index in [1.54, 1.807) is 0 Å². The van der Waals surface area contributed by atoms with Crippen molar-refractivity contribution in [2.45, 2.75) is 45.4 Å². The Kier molecular flexibility index (Phi) is 5.86. The standard InChI is InChI=1S/C24H25N/c1-2-3-4-5-6-8-19-13-16-24-22(17-19)9-7-10-23(24)21-14-11-20(18-25)12-15-21/h7,9-17H,2-6,8H2,1H3. The van der Waals surface area contributed by atoms with Crippen LogP contribution in [0.2, 0.25) is 0 Å². The predicted molar refractivity (Wildman–Crippen MR) is 107 cm³/mol. The largest absolute Gasteiger partial charge is 0.192 e. The second-order valence-electron chi connectivity index (χ2n) is 6.71. The first-order chi connectivity index (χ1) is 12.3. The smallest absolute Gasteiger partial charge is 0.0991 e. The first kappa shape index (κ1) is 17.2. The average molecular weight is 327 g/mol. The van der Waals surface area contributed by atoms with Crippen LogP contribution in [0.1, 0.15) is 50.2 Å². The molecule has 0 atom stereocenters. The van der Waals surface area contributed by atoms with Crippen LogP contribution in [0.3, 0.4) is 0 Å². The third kappa shape index (κ3) is 4.28. The van der Waals surface area contributed by atoms with E-state index in [9.17, 15) is 0 Å². The van der Waals surface area contributed by atoms with E-state index in [-0.39, 0.29) is 0 Å². The number of rotatable bonds is 7. The Morgan fingerprint density at radius 3 is 2.40 bits per heavy atom. The number of nitrogens with zero attached hydrogens (tertiary/aromatic N) is 1. The maximum absolute atomic E-state index is 8.97. The average Bonchev–Trinajstić information content (AvgIpc) is 2.67. The Labute approximate surface area is 150 Å². The summed E-state index contributed by atoms with van der Waals surface area (Å²) < 4.78 is 0. The Hall–Kier alpha value is -2.59. The maximum Gasteiger partial charge on any atom is 0.0991 e. The summed E-state index contributed by atoms with van der Waals surface area (Å²) in [5.41, 5.74) is 4.53. The molecule has 3 aromatic rings. The highest BCUT2D eigenvalue weighted by Crippen LogP contribution is 2.29. The molecule has 0 bridgehead atoms. The summed E-state index contributed by atoms with van der Waals surface area (Å²) in [5.74, 6) is 0. The SMILES string of the molecule is CCCCCCCc1ccc2c(-c3ccc(C#N)cc3)cccc2c1. The Morgan fingerprint density at radius 2 is 1.64 bits per heavy atom. The molecule has 0 spiro atoms. The molecule has 1 heteroatoms. The molecule has 0 heterocycles. The highest BCUT2D eigenvalue weighted by molar-refractivity contribution is 5.97. The predicted octanol–water partition coefficient (Wildman–Crippen LogP) is 6.89. The minimum absolute atomic E-state index is 0.703. The molecule has 3 rings (SSSR count). The van der Waals surface area contributed by atoms with Crippen molar-refractivity contribution in [3.05, 3.63) is 71.8 Å². The van der Waals surface area contributed by atoms with Crippen molar-refractivity contribution in [1.29, 1.82) is 5.26 Å². The van der Waals surface area contributed by atoms with Crippen LogP contribution >= 0.6 is 0 Å². The number of benzene rings is 3. The molecular formula is C24H25N. The highest BCUT2D eigenvalue weighted by atomic mass is 14.2. The number of unbranched alkanes of at least 4 members (excludes halogenated alkanes) is 4. The van der Waals surface area contributed by atoms with Crippen molar-refractivity contribution in [1.82, 2.24) is 0 Å². The van der Waals surface area contributed by atoms with Gasteiger partial charge in [-0.2, -0.15) is 5.26 Å². The van der Waals surface area contributed by atoms with Gasteiger partial charge < -0.3 is 0 Å². The number of hydrogen-bond donors (Lipinski definition) is 0. The lowest BCUT2D eigenvalue weighted by Crippen LogP contribution is -1.88. The van der Waals surface area contributed by atoms with Gasteiger partial charge in [0, 0.05) is 0 Å². The van der Waals surface area contributed by atoms with E-state index in [0.29, 0.717) is 5.56 Å². The van der Waals surface area contributed by atoms with Crippen LogP contribution < -0.4 is 0 Å². The van der Waals surface area contributed by atoms with Crippen molar-refractivity contribution in [2.75, 3.05) is 0 Å². The number of nitriles is 1. The first-order valence-corrected chi connectivity index (χ1v) is 9.34. The molecule has 0 aliphatic heterocycles. The van der Waals surface area contributed by atoms with Crippen molar-refractivity contribution >= 4 is 10.8 Å². The van der Waals surface area contributed by atoms with Crippen LogP contribution in [-0.2, 0) is 6.42 Å². The van der Waals surface area contributed by atoms with Crippen molar-refractivity contribution < 1.29 is 0 Å². The van der Waals surface area contributed by atoms with Gasteiger partial charge >= 0.3 is 0 Å². The Balaban J connectivity index is 1.81. The second kappa shape index (κ2) is 8.49. The van der Waals surface area contributed by atoms with Crippen LogP contribution in [0.15, 0.2) is 60.7 Å². The quantitative estimate of drug-likeness (QED) is 0.433. The molecule has 1 nitrogen and oxygen atoms in total. The van der Waals surface area contributed by atoms with E-state index in [1.807, 2.05) is 24.3 Å². The molecule has 0 saturated heterocycles. The van der Waals surface area contributed by atoms with E-state index < -0.39 is 0 Å². The molecule has 0 fully saturated rings. The van der Waals surface area contributed by atoms with Gasteiger partial charge in [-0.1, -0.05) is 81.1 Å². The van der Waals surface area contributed by atoms with Gasteiger partial charge in [-0.05, 0) is 52.4 Å². The summed E-state index contributed by atoms with van der Waals surface area (Å²) in [6, 6.07) is 23.4. The summed E-state index contributed by atoms with van der Waals surface area (Å²) in [5, 5.41) is 11.5. The molecule has 0 aliphatic carbocycles. The van der Waals surface area contributed by atoms with Crippen LogP contribution in [-0.4, -0.2) is 0 Å². The summed E-state index contributed by atoms with van der Waals surface area (Å²) in [6.07, 6.45) is 7.78. The zero-order chi connectivity index (χ0) is 17.5. The Bertz CT molecular complexity index is 869. The zero-order valence-corrected chi connectivity index (χ0v) is 15.0. The third-order valence-corrected chi connectivity index (χ3v) is 4.84. The molecule has 0 aliphatic rings. The van der Waals surface area contributed by atoms with Gasteiger partial charge in [0.2, 0.25) is 0 Å². The summed E-state index contributed by atoms with van der Waals surface area (Å²) >= 11 is 0. The molecule has 25 heavy (non-hydrogen) atoms. The number of hydrogen-bond acceptors (Lipinski definition) is 1. The van der Waals surface area contributed by atoms with Gasteiger partial charge in [-0.15, -0.1) is 0 Å². The van der Waals surface area contributed by atoms with Crippen LogP contribution in [0.5, 0.6) is 0 Å². The van der Waals surface area contributed by atoms with Gasteiger partial charge in [-0.3, -0.25) is 0 Å². The minimum atomic E-state index is 0.703. The zero-order valence-electron chi connectivity index (χ0n) is 15.0. The van der Waals surface area contributed by atoms with Crippen LogP contribution in [0.25, 0.3) is 21.9 Å². The van der Waals surface area contributed by atoms with Crippen molar-refractivity contribution in [3.63, 3.8) is 0 Å². The van der Waals surface area contributed by atoms with E-state index in [4.69, 9.17) is 5.26 Å². The first-order valence-electron chi connectivity index (χ1n) is 9.34. The summed E-state index contributed by atoms with van der Waals surface area (Å²) in [6.45, 7) is 2.26. The molecule has 0 saturated carbocycles. The third-order valence-electron chi connectivity index (χ3n) is 4.84. The van der Waals surface area contributed by atoms with Gasteiger partial charge in [0.1, 0.15) is 0 Å². The normalized spacial score (nSPS) is 10.7. The molecule has 0 amide bonds.